The Morgan fingerprint density at radius 3 is 1.65 bits per heavy atom. The lowest BCUT2D eigenvalue weighted by molar-refractivity contribution is -0.143. The highest BCUT2D eigenvalue weighted by molar-refractivity contribution is 5.69. The fraction of sp³-hybridized carbons (Fsp3) is 0.625. The number of hydrogen-bond acceptors (Lipinski definition) is 2. The molecule has 0 saturated heterocycles. The van der Waals surface area contributed by atoms with E-state index in [0.717, 1.165) is 44.9 Å². The Hall–Kier alpha value is -1.57. The van der Waals surface area contributed by atoms with Crippen LogP contribution >= 0.6 is 0 Å². The molecule has 0 aromatic carbocycles. The van der Waals surface area contributed by atoms with Gasteiger partial charge in [-0.3, -0.25) is 4.79 Å². The molecule has 2 heteroatoms. The molecule has 0 N–H and O–H groups in total. The quantitative estimate of drug-likeness (QED) is 0.153. The van der Waals surface area contributed by atoms with E-state index in [0.29, 0.717) is 13.0 Å². The van der Waals surface area contributed by atoms with Gasteiger partial charge in [0.25, 0.3) is 0 Å². The lowest BCUT2D eigenvalue weighted by Gasteiger charge is -2.00. The number of carbonyl (C=O) groups excluding carboxylic acids is 1. The third kappa shape index (κ3) is 20.5. The number of allylic oxidation sites excluding steroid dienone is 8. The summed E-state index contributed by atoms with van der Waals surface area (Å²) in [6, 6.07) is 0. The molecule has 0 amide bonds. The lowest BCUT2D eigenvalue weighted by atomic mass is 10.1. The van der Waals surface area contributed by atoms with Crippen molar-refractivity contribution in [3.05, 3.63) is 48.6 Å². The monoisotopic (exact) mass is 360 g/mol. The van der Waals surface area contributed by atoms with Crippen LogP contribution in [-0.4, -0.2) is 12.6 Å². The lowest BCUT2D eigenvalue weighted by Crippen LogP contribution is -2.02. The average molecular weight is 361 g/mol. The van der Waals surface area contributed by atoms with Crippen LogP contribution in [0.5, 0.6) is 0 Å². The first kappa shape index (κ1) is 24.4. The minimum Gasteiger partial charge on any atom is -0.466 e. The van der Waals surface area contributed by atoms with E-state index in [-0.39, 0.29) is 5.97 Å². The van der Waals surface area contributed by atoms with Crippen molar-refractivity contribution >= 4 is 5.97 Å². The Labute approximate surface area is 162 Å². The molecular weight excluding hydrogens is 320 g/mol. The van der Waals surface area contributed by atoms with Gasteiger partial charge in [0.05, 0.1) is 6.61 Å². The van der Waals surface area contributed by atoms with Crippen LogP contribution in [0.15, 0.2) is 48.6 Å². The summed E-state index contributed by atoms with van der Waals surface area (Å²) in [5, 5.41) is 0. The van der Waals surface area contributed by atoms with Gasteiger partial charge in [-0.15, -0.1) is 0 Å². The summed E-state index contributed by atoms with van der Waals surface area (Å²) in [5.41, 5.74) is 0. The van der Waals surface area contributed by atoms with E-state index in [2.05, 4.69) is 55.5 Å². The summed E-state index contributed by atoms with van der Waals surface area (Å²) in [6.45, 7) is 4.58. The van der Waals surface area contributed by atoms with Gasteiger partial charge in [0.15, 0.2) is 0 Å². The number of unbranched alkanes of at least 4 members (excludes halogenated alkanes) is 6. The Morgan fingerprint density at radius 2 is 1.15 bits per heavy atom. The van der Waals surface area contributed by atoms with Crippen molar-refractivity contribution in [1.82, 2.24) is 0 Å². The summed E-state index contributed by atoms with van der Waals surface area (Å²) in [6.07, 6.45) is 31.1. The van der Waals surface area contributed by atoms with Crippen molar-refractivity contribution in [3.8, 4) is 0 Å². The normalized spacial score (nSPS) is 12.2. The van der Waals surface area contributed by atoms with Crippen molar-refractivity contribution in [1.29, 1.82) is 0 Å². The summed E-state index contributed by atoms with van der Waals surface area (Å²) in [7, 11) is 0. The molecule has 0 bridgehead atoms. The maximum absolute atomic E-state index is 11.2. The zero-order chi connectivity index (χ0) is 19.1. The SMILES string of the molecule is CCCCC/C=C/C/C=C/C/C=C/C/C=C/CCCCCC(=O)OCC. The summed E-state index contributed by atoms with van der Waals surface area (Å²) in [5.74, 6) is -0.0646. The minimum atomic E-state index is -0.0646. The standard InChI is InChI=1S/C24H40O2/c1-3-5-6-7-8-9-10-11-12-13-14-15-16-17-18-19-20-21-22-23-24(25)26-4-2/h8-9,11-12,14-15,17-18H,3-7,10,13,16,19-23H2,1-2H3/b9-8+,12-11+,15-14+,18-17+. The molecule has 0 radical (unpaired) electrons. The predicted molar refractivity (Wildman–Crippen MR) is 114 cm³/mol. The van der Waals surface area contributed by atoms with E-state index in [1.807, 2.05) is 6.92 Å². The van der Waals surface area contributed by atoms with E-state index in [1.54, 1.807) is 0 Å². The fourth-order valence-electron chi connectivity index (χ4n) is 2.50. The summed E-state index contributed by atoms with van der Waals surface area (Å²) >= 11 is 0. The van der Waals surface area contributed by atoms with Gasteiger partial charge in [-0.1, -0.05) is 74.8 Å². The second kappa shape index (κ2) is 21.5. The molecule has 26 heavy (non-hydrogen) atoms. The smallest absolute Gasteiger partial charge is 0.305 e. The molecule has 0 aromatic rings. The van der Waals surface area contributed by atoms with Gasteiger partial charge < -0.3 is 4.74 Å². The molecule has 0 fully saturated rings. The van der Waals surface area contributed by atoms with E-state index in [1.165, 1.54) is 25.7 Å². The largest absolute Gasteiger partial charge is 0.466 e. The van der Waals surface area contributed by atoms with Crippen LogP contribution < -0.4 is 0 Å². The Morgan fingerprint density at radius 1 is 0.654 bits per heavy atom. The van der Waals surface area contributed by atoms with Crippen molar-refractivity contribution < 1.29 is 9.53 Å². The van der Waals surface area contributed by atoms with Crippen LogP contribution in [0.4, 0.5) is 0 Å². The van der Waals surface area contributed by atoms with Gasteiger partial charge in [-0.05, 0) is 58.3 Å². The second-order valence-electron chi connectivity index (χ2n) is 6.49. The number of carbonyl (C=O) groups is 1. The molecule has 0 aliphatic rings. The molecule has 0 heterocycles. The first-order valence-electron chi connectivity index (χ1n) is 10.6. The second-order valence-corrected chi connectivity index (χ2v) is 6.49. The first-order chi connectivity index (χ1) is 12.8. The number of ether oxygens (including phenoxy) is 1. The molecular formula is C24H40O2. The van der Waals surface area contributed by atoms with E-state index < -0.39 is 0 Å². The first-order valence-corrected chi connectivity index (χ1v) is 10.6. The third-order valence-corrected chi connectivity index (χ3v) is 4.01. The van der Waals surface area contributed by atoms with Gasteiger partial charge in [0.2, 0.25) is 0 Å². The molecule has 0 aliphatic heterocycles. The molecule has 0 spiro atoms. The van der Waals surface area contributed by atoms with Gasteiger partial charge >= 0.3 is 5.97 Å². The molecule has 0 aliphatic carbocycles. The highest BCUT2D eigenvalue weighted by Crippen LogP contribution is 2.05. The van der Waals surface area contributed by atoms with Crippen LogP contribution in [0.2, 0.25) is 0 Å². The molecule has 0 atom stereocenters. The van der Waals surface area contributed by atoms with E-state index >= 15 is 0 Å². The highest BCUT2D eigenvalue weighted by Gasteiger charge is 1.99. The fourth-order valence-corrected chi connectivity index (χ4v) is 2.50. The number of esters is 1. The van der Waals surface area contributed by atoms with Crippen LogP contribution in [0.3, 0.4) is 0 Å². The maximum atomic E-state index is 11.2. The summed E-state index contributed by atoms with van der Waals surface area (Å²) < 4.78 is 4.91. The van der Waals surface area contributed by atoms with Gasteiger partial charge in [0, 0.05) is 6.42 Å². The predicted octanol–water partition coefficient (Wildman–Crippen LogP) is 7.48. The van der Waals surface area contributed by atoms with Crippen LogP contribution in [0, 0.1) is 0 Å². The Balaban J connectivity index is 3.40. The van der Waals surface area contributed by atoms with Crippen molar-refractivity contribution in [2.24, 2.45) is 0 Å². The highest BCUT2D eigenvalue weighted by atomic mass is 16.5. The zero-order valence-corrected chi connectivity index (χ0v) is 17.1. The van der Waals surface area contributed by atoms with Gasteiger partial charge in [-0.25, -0.2) is 0 Å². The number of rotatable bonds is 17. The zero-order valence-electron chi connectivity index (χ0n) is 17.1. The Kier molecular flexibility index (Phi) is 20.2. The van der Waals surface area contributed by atoms with Gasteiger partial charge in [0.1, 0.15) is 0 Å². The van der Waals surface area contributed by atoms with Crippen LogP contribution in [-0.2, 0) is 9.53 Å². The molecule has 0 rings (SSSR count). The number of hydrogen-bond donors (Lipinski definition) is 0. The van der Waals surface area contributed by atoms with Crippen molar-refractivity contribution in [2.75, 3.05) is 6.61 Å². The third-order valence-electron chi connectivity index (χ3n) is 4.01. The molecule has 0 unspecified atom stereocenters. The molecule has 0 aromatic heterocycles. The Bertz CT molecular complexity index is 416. The average Bonchev–Trinajstić information content (AvgIpc) is 2.64. The molecule has 0 saturated carbocycles. The van der Waals surface area contributed by atoms with Crippen molar-refractivity contribution in [2.45, 2.75) is 90.9 Å². The summed E-state index contributed by atoms with van der Waals surface area (Å²) in [4.78, 5) is 11.2. The van der Waals surface area contributed by atoms with E-state index in [9.17, 15) is 4.79 Å². The minimum absolute atomic E-state index is 0.0646. The topological polar surface area (TPSA) is 26.3 Å². The van der Waals surface area contributed by atoms with Gasteiger partial charge in [-0.2, -0.15) is 0 Å². The molecule has 148 valence electrons. The molecule has 2 nitrogen and oxygen atoms in total. The van der Waals surface area contributed by atoms with Crippen molar-refractivity contribution in [3.63, 3.8) is 0 Å². The van der Waals surface area contributed by atoms with E-state index in [4.69, 9.17) is 4.74 Å². The maximum Gasteiger partial charge on any atom is 0.305 e. The van der Waals surface area contributed by atoms with Crippen LogP contribution in [0.1, 0.15) is 90.9 Å². The van der Waals surface area contributed by atoms with Crippen LogP contribution in [0.25, 0.3) is 0 Å².